The fourth-order valence-corrected chi connectivity index (χ4v) is 2.39. The van der Waals surface area contributed by atoms with Crippen molar-refractivity contribution < 1.29 is 13.9 Å². The highest BCUT2D eigenvalue weighted by Gasteiger charge is 2.39. The third-order valence-corrected chi connectivity index (χ3v) is 3.51. The number of rotatable bonds is 4. The van der Waals surface area contributed by atoms with Gasteiger partial charge >= 0.3 is 6.09 Å². The van der Waals surface area contributed by atoms with Crippen LogP contribution in [0.2, 0.25) is 0 Å². The predicted molar refractivity (Wildman–Crippen MR) is 84.6 cm³/mol. The fourth-order valence-electron chi connectivity index (χ4n) is 2.39. The van der Waals surface area contributed by atoms with Crippen molar-refractivity contribution in [2.24, 2.45) is 0 Å². The Morgan fingerprint density at radius 2 is 2.09 bits per heavy atom. The molecule has 1 heterocycles. The van der Waals surface area contributed by atoms with Gasteiger partial charge in [-0.05, 0) is 39.3 Å². The summed E-state index contributed by atoms with van der Waals surface area (Å²) in [5, 5.41) is 7.37. The summed E-state index contributed by atoms with van der Waals surface area (Å²) in [6, 6.07) is 10.4. The lowest BCUT2D eigenvalue weighted by molar-refractivity contribution is 0.0522. The molecule has 118 valence electrons. The van der Waals surface area contributed by atoms with Gasteiger partial charge in [0, 0.05) is 17.5 Å². The number of para-hydroxylation sites is 1. The second-order valence-corrected chi connectivity index (χ2v) is 6.73. The van der Waals surface area contributed by atoms with Gasteiger partial charge in [-0.2, -0.15) is 0 Å². The largest absolute Gasteiger partial charge is 0.460 e. The zero-order valence-electron chi connectivity index (χ0n) is 13.2. The van der Waals surface area contributed by atoms with Crippen molar-refractivity contribution in [3.8, 4) is 0 Å². The van der Waals surface area contributed by atoms with E-state index in [0.29, 0.717) is 6.54 Å². The second-order valence-electron chi connectivity index (χ2n) is 6.73. The molecular formula is C17H22N2O3. The van der Waals surface area contributed by atoms with Gasteiger partial charge in [-0.3, -0.25) is 0 Å². The van der Waals surface area contributed by atoms with Crippen LogP contribution in [0.15, 0.2) is 34.7 Å². The molecule has 2 aromatic rings. The van der Waals surface area contributed by atoms with Gasteiger partial charge in [-0.15, -0.1) is 0 Å². The van der Waals surface area contributed by atoms with E-state index in [1.165, 1.54) is 0 Å². The van der Waals surface area contributed by atoms with Crippen LogP contribution in [0, 0.1) is 0 Å². The molecule has 1 aliphatic carbocycles. The highest BCUT2D eigenvalue weighted by atomic mass is 16.6. The molecule has 0 aliphatic heterocycles. The monoisotopic (exact) mass is 302 g/mol. The molecule has 1 saturated carbocycles. The SMILES string of the molecule is CC(C)(C)OC(=O)NC1CC1NCc1cc2ccccc2o1. The average Bonchev–Trinajstić information content (AvgIpc) is 3.00. The van der Waals surface area contributed by atoms with Crippen LogP contribution in [0.25, 0.3) is 11.0 Å². The molecule has 0 bridgehead atoms. The first kappa shape index (κ1) is 14.9. The molecule has 2 atom stereocenters. The number of carbonyl (C=O) groups is 1. The van der Waals surface area contributed by atoms with Gasteiger partial charge in [-0.25, -0.2) is 4.79 Å². The average molecular weight is 302 g/mol. The van der Waals surface area contributed by atoms with Crippen molar-refractivity contribution in [2.75, 3.05) is 0 Å². The molecule has 1 aromatic heterocycles. The van der Waals surface area contributed by atoms with Crippen molar-refractivity contribution in [3.63, 3.8) is 0 Å². The first-order valence-electron chi connectivity index (χ1n) is 7.61. The second kappa shape index (κ2) is 5.65. The van der Waals surface area contributed by atoms with E-state index >= 15 is 0 Å². The van der Waals surface area contributed by atoms with Gasteiger partial charge in [0.25, 0.3) is 0 Å². The molecule has 0 radical (unpaired) electrons. The van der Waals surface area contributed by atoms with Crippen LogP contribution in [0.1, 0.15) is 33.0 Å². The number of alkyl carbamates (subject to hydrolysis) is 1. The van der Waals surface area contributed by atoms with Crippen LogP contribution in [0.4, 0.5) is 4.79 Å². The van der Waals surface area contributed by atoms with E-state index < -0.39 is 5.60 Å². The molecule has 1 aliphatic rings. The third kappa shape index (κ3) is 3.80. The van der Waals surface area contributed by atoms with Crippen molar-refractivity contribution in [1.29, 1.82) is 0 Å². The van der Waals surface area contributed by atoms with Gasteiger partial charge in [0.05, 0.1) is 6.54 Å². The highest BCUT2D eigenvalue weighted by Crippen LogP contribution is 2.24. The van der Waals surface area contributed by atoms with E-state index in [2.05, 4.69) is 10.6 Å². The van der Waals surface area contributed by atoms with Gasteiger partial charge < -0.3 is 19.8 Å². The predicted octanol–water partition coefficient (Wildman–Crippen LogP) is 3.19. The van der Waals surface area contributed by atoms with Crippen LogP contribution in [-0.4, -0.2) is 23.8 Å². The number of nitrogens with one attached hydrogen (secondary N) is 2. The minimum Gasteiger partial charge on any atom is -0.460 e. The lowest BCUT2D eigenvalue weighted by Crippen LogP contribution is -2.36. The van der Waals surface area contributed by atoms with E-state index in [9.17, 15) is 4.79 Å². The quantitative estimate of drug-likeness (QED) is 0.910. The molecule has 0 saturated heterocycles. The Morgan fingerprint density at radius 3 is 2.82 bits per heavy atom. The van der Waals surface area contributed by atoms with E-state index in [1.54, 1.807) is 0 Å². The van der Waals surface area contributed by atoms with E-state index in [-0.39, 0.29) is 18.2 Å². The Hall–Kier alpha value is -2.01. The lowest BCUT2D eigenvalue weighted by atomic mass is 10.2. The molecule has 22 heavy (non-hydrogen) atoms. The van der Waals surface area contributed by atoms with Crippen molar-refractivity contribution in [3.05, 3.63) is 36.1 Å². The number of fused-ring (bicyclic) bond motifs is 1. The van der Waals surface area contributed by atoms with Gasteiger partial charge in [-0.1, -0.05) is 18.2 Å². The summed E-state index contributed by atoms with van der Waals surface area (Å²) in [6.07, 6.45) is 0.560. The van der Waals surface area contributed by atoms with Crippen LogP contribution >= 0.6 is 0 Å². The number of hydrogen-bond acceptors (Lipinski definition) is 4. The molecular weight excluding hydrogens is 280 g/mol. The maximum Gasteiger partial charge on any atom is 0.407 e. The van der Waals surface area contributed by atoms with Crippen molar-refractivity contribution in [1.82, 2.24) is 10.6 Å². The van der Waals surface area contributed by atoms with E-state index in [4.69, 9.17) is 9.15 Å². The molecule has 1 amide bonds. The normalized spacial score (nSPS) is 20.9. The molecule has 5 nitrogen and oxygen atoms in total. The maximum atomic E-state index is 11.7. The summed E-state index contributed by atoms with van der Waals surface area (Å²) in [4.78, 5) is 11.7. The summed E-state index contributed by atoms with van der Waals surface area (Å²) >= 11 is 0. The van der Waals surface area contributed by atoms with Crippen LogP contribution in [0.5, 0.6) is 0 Å². The van der Waals surface area contributed by atoms with E-state index in [1.807, 2.05) is 51.1 Å². The molecule has 3 rings (SSSR count). The zero-order valence-corrected chi connectivity index (χ0v) is 13.2. The number of hydrogen-bond donors (Lipinski definition) is 2. The Balaban J connectivity index is 1.45. The Morgan fingerprint density at radius 1 is 1.32 bits per heavy atom. The Kier molecular flexibility index (Phi) is 3.83. The number of amides is 1. The molecule has 1 aromatic carbocycles. The van der Waals surface area contributed by atoms with Crippen LogP contribution < -0.4 is 10.6 Å². The van der Waals surface area contributed by atoms with Gasteiger partial charge in [0.2, 0.25) is 0 Å². The summed E-state index contributed by atoms with van der Waals surface area (Å²) in [5.74, 6) is 0.907. The van der Waals surface area contributed by atoms with Crippen LogP contribution in [-0.2, 0) is 11.3 Å². The molecule has 5 heteroatoms. The maximum absolute atomic E-state index is 11.7. The molecule has 2 N–H and O–H groups in total. The summed E-state index contributed by atoms with van der Waals surface area (Å²) < 4.78 is 11.0. The molecule has 1 fully saturated rings. The first-order chi connectivity index (χ1) is 10.4. The Bertz CT molecular complexity index is 639. The number of carbonyl (C=O) groups excluding carboxylic acids is 1. The van der Waals surface area contributed by atoms with Gasteiger partial charge in [0.15, 0.2) is 0 Å². The molecule has 2 unspecified atom stereocenters. The van der Waals surface area contributed by atoms with E-state index in [0.717, 1.165) is 23.2 Å². The minimum absolute atomic E-state index is 0.138. The lowest BCUT2D eigenvalue weighted by Gasteiger charge is -2.19. The summed E-state index contributed by atoms with van der Waals surface area (Å²) in [6.45, 7) is 6.23. The number of benzene rings is 1. The van der Waals surface area contributed by atoms with Gasteiger partial charge in [0.1, 0.15) is 16.9 Å². The smallest absolute Gasteiger partial charge is 0.407 e. The number of furan rings is 1. The third-order valence-electron chi connectivity index (χ3n) is 3.51. The molecule has 0 spiro atoms. The summed E-state index contributed by atoms with van der Waals surface area (Å²) in [7, 11) is 0. The topological polar surface area (TPSA) is 63.5 Å². The number of ether oxygens (including phenoxy) is 1. The minimum atomic E-state index is -0.462. The fraction of sp³-hybridized carbons (Fsp3) is 0.471. The zero-order chi connectivity index (χ0) is 15.7. The highest BCUT2D eigenvalue weighted by molar-refractivity contribution is 5.77. The standard InChI is InChI=1S/C17H22N2O3/c1-17(2,3)22-16(20)19-14-9-13(14)18-10-12-8-11-6-4-5-7-15(11)21-12/h4-8,13-14,18H,9-10H2,1-3H3,(H,19,20). The Labute approximate surface area is 130 Å². The van der Waals surface area contributed by atoms with Crippen molar-refractivity contribution in [2.45, 2.75) is 51.4 Å². The van der Waals surface area contributed by atoms with Crippen LogP contribution in [0.3, 0.4) is 0 Å². The first-order valence-corrected chi connectivity index (χ1v) is 7.61. The van der Waals surface area contributed by atoms with Crippen molar-refractivity contribution >= 4 is 17.1 Å². The summed E-state index contributed by atoms with van der Waals surface area (Å²) in [5.41, 5.74) is 0.439.